The van der Waals surface area contributed by atoms with Crippen LogP contribution in [-0.2, 0) is 19.9 Å². The summed E-state index contributed by atoms with van der Waals surface area (Å²) in [6, 6.07) is 5.40. The molecule has 6 heteroatoms. The van der Waals surface area contributed by atoms with E-state index in [0.717, 1.165) is 23.2 Å². The van der Waals surface area contributed by atoms with Crippen molar-refractivity contribution < 1.29 is 0 Å². The van der Waals surface area contributed by atoms with Gasteiger partial charge in [-0.15, -0.1) is 0 Å². The van der Waals surface area contributed by atoms with Gasteiger partial charge in [-0.05, 0) is 36.6 Å². The average Bonchev–Trinajstić information content (AvgIpc) is 2.80. The summed E-state index contributed by atoms with van der Waals surface area (Å²) in [4.78, 5) is 0. The second-order valence-electron chi connectivity index (χ2n) is 4.72. The van der Waals surface area contributed by atoms with E-state index < -0.39 is 0 Å². The fourth-order valence-corrected chi connectivity index (χ4v) is 2.69. The highest BCUT2D eigenvalue weighted by atomic mass is 35.5. The van der Waals surface area contributed by atoms with E-state index in [-0.39, 0.29) is 6.04 Å². The van der Waals surface area contributed by atoms with Gasteiger partial charge in [0.2, 0.25) is 0 Å². The summed E-state index contributed by atoms with van der Waals surface area (Å²) in [6.45, 7) is 2.08. The summed E-state index contributed by atoms with van der Waals surface area (Å²) >= 11 is 12.2. The van der Waals surface area contributed by atoms with Crippen LogP contribution >= 0.6 is 23.2 Å². The Hall–Kier alpha value is -1.07. The number of hydrogen-bond acceptors (Lipinski definition) is 3. The molecule has 4 nitrogen and oxygen atoms in total. The zero-order valence-electron chi connectivity index (χ0n) is 11.5. The summed E-state index contributed by atoms with van der Waals surface area (Å²) in [5, 5.41) is 5.80. The van der Waals surface area contributed by atoms with E-state index in [0.29, 0.717) is 16.5 Å². The van der Waals surface area contributed by atoms with Crippen LogP contribution in [0.25, 0.3) is 0 Å². The van der Waals surface area contributed by atoms with Gasteiger partial charge >= 0.3 is 0 Å². The van der Waals surface area contributed by atoms with E-state index in [2.05, 4.69) is 17.4 Å². The van der Waals surface area contributed by atoms with Crippen molar-refractivity contribution in [3.8, 4) is 0 Å². The molecule has 0 aliphatic heterocycles. The zero-order chi connectivity index (χ0) is 14.7. The van der Waals surface area contributed by atoms with E-state index in [1.54, 1.807) is 16.8 Å². The molecule has 0 bridgehead atoms. The first kappa shape index (κ1) is 15.3. The number of aryl methyl sites for hydroxylation is 2. The molecule has 20 heavy (non-hydrogen) atoms. The molecule has 0 aliphatic carbocycles. The van der Waals surface area contributed by atoms with Crippen LogP contribution in [0, 0.1) is 0 Å². The maximum Gasteiger partial charge on any atom is 0.0670 e. The van der Waals surface area contributed by atoms with Crippen LogP contribution in [0.3, 0.4) is 0 Å². The molecule has 2 rings (SSSR count). The molecule has 3 N–H and O–H groups in total. The first-order chi connectivity index (χ1) is 9.55. The maximum absolute atomic E-state index is 6.22. The van der Waals surface area contributed by atoms with Gasteiger partial charge < -0.3 is 0 Å². The monoisotopic (exact) mass is 312 g/mol. The van der Waals surface area contributed by atoms with E-state index in [1.807, 2.05) is 19.3 Å². The fourth-order valence-electron chi connectivity index (χ4n) is 2.30. The average molecular weight is 313 g/mol. The predicted octanol–water partition coefficient (Wildman–Crippen LogP) is 3.04. The van der Waals surface area contributed by atoms with Crippen LogP contribution in [0.1, 0.15) is 29.8 Å². The van der Waals surface area contributed by atoms with Gasteiger partial charge in [0, 0.05) is 28.9 Å². The van der Waals surface area contributed by atoms with Crippen molar-refractivity contribution in [3.63, 3.8) is 0 Å². The number of nitrogens with one attached hydrogen (secondary N) is 1. The van der Waals surface area contributed by atoms with Gasteiger partial charge in [-0.3, -0.25) is 16.0 Å². The largest absolute Gasteiger partial charge is 0.275 e. The molecule has 0 saturated carbocycles. The number of rotatable bonds is 5. The van der Waals surface area contributed by atoms with E-state index in [9.17, 15) is 0 Å². The third-order valence-corrected chi connectivity index (χ3v) is 3.88. The minimum absolute atomic E-state index is 0.0467. The Morgan fingerprint density at radius 3 is 2.80 bits per heavy atom. The van der Waals surface area contributed by atoms with Crippen molar-refractivity contribution in [2.45, 2.75) is 25.8 Å². The van der Waals surface area contributed by atoms with Crippen molar-refractivity contribution in [3.05, 3.63) is 51.3 Å². The molecule has 2 aromatic rings. The topological polar surface area (TPSA) is 55.9 Å². The summed E-state index contributed by atoms with van der Waals surface area (Å²) in [5.74, 6) is 5.71. The number of halogens is 2. The van der Waals surface area contributed by atoms with Crippen LogP contribution < -0.4 is 11.3 Å². The third kappa shape index (κ3) is 3.33. The van der Waals surface area contributed by atoms with E-state index in [4.69, 9.17) is 29.0 Å². The van der Waals surface area contributed by atoms with E-state index in [1.165, 1.54) is 0 Å². The van der Waals surface area contributed by atoms with Crippen LogP contribution in [0.15, 0.2) is 24.4 Å². The lowest BCUT2D eigenvalue weighted by atomic mass is 9.99. The molecule has 1 aromatic carbocycles. The molecule has 0 spiro atoms. The smallest absolute Gasteiger partial charge is 0.0670 e. The summed E-state index contributed by atoms with van der Waals surface area (Å²) in [7, 11) is 1.91. The highest BCUT2D eigenvalue weighted by Crippen LogP contribution is 2.27. The van der Waals surface area contributed by atoms with Gasteiger partial charge in [-0.1, -0.05) is 30.1 Å². The lowest BCUT2D eigenvalue weighted by Gasteiger charge is -2.17. The van der Waals surface area contributed by atoms with Gasteiger partial charge in [0.1, 0.15) is 0 Å². The van der Waals surface area contributed by atoms with Crippen molar-refractivity contribution in [1.82, 2.24) is 15.2 Å². The highest BCUT2D eigenvalue weighted by Gasteiger charge is 2.18. The van der Waals surface area contributed by atoms with Crippen molar-refractivity contribution in [1.29, 1.82) is 0 Å². The molecule has 0 radical (unpaired) electrons. The third-order valence-electron chi connectivity index (χ3n) is 3.28. The van der Waals surface area contributed by atoms with Gasteiger partial charge in [0.05, 0.1) is 11.7 Å². The number of hydrogen-bond donors (Lipinski definition) is 2. The summed E-state index contributed by atoms with van der Waals surface area (Å²) < 4.78 is 1.80. The quantitative estimate of drug-likeness (QED) is 0.659. The van der Waals surface area contributed by atoms with Gasteiger partial charge in [0.15, 0.2) is 0 Å². The molecule has 0 aliphatic rings. The van der Waals surface area contributed by atoms with Crippen LogP contribution in [0.5, 0.6) is 0 Å². The molecular formula is C14H18Cl2N4. The lowest BCUT2D eigenvalue weighted by molar-refractivity contribution is 0.547. The molecule has 108 valence electrons. The maximum atomic E-state index is 6.22. The van der Waals surface area contributed by atoms with E-state index >= 15 is 0 Å². The first-order valence-corrected chi connectivity index (χ1v) is 7.23. The Kier molecular flexibility index (Phi) is 5.05. The Morgan fingerprint density at radius 2 is 2.15 bits per heavy atom. The number of hydrazine groups is 1. The van der Waals surface area contributed by atoms with Crippen molar-refractivity contribution >= 4 is 23.2 Å². The van der Waals surface area contributed by atoms with Crippen LogP contribution in [0.2, 0.25) is 10.0 Å². The molecule has 1 heterocycles. The van der Waals surface area contributed by atoms with Gasteiger partial charge in [-0.25, -0.2) is 0 Å². The Bertz CT molecular complexity index is 595. The minimum atomic E-state index is -0.0467. The number of benzene rings is 1. The van der Waals surface area contributed by atoms with Crippen LogP contribution in [-0.4, -0.2) is 9.78 Å². The SMILES string of the molecule is CCc1nn(C)cc1C(Cc1cc(Cl)ccc1Cl)NN. The highest BCUT2D eigenvalue weighted by molar-refractivity contribution is 6.33. The molecule has 1 aromatic heterocycles. The molecular weight excluding hydrogens is 295 g/mol. The van der Waals surface area contributed by atoms with Gasteiger partial charge in [-0.2, -0.15) is 5.10 Å². The van der Waals surface area contributed by atoms with Crippen molar-refractivity contribution in [2.24, 2.45) is 12.9 Å². The normalized spacial score (nSPS) is 12.7. The standard InChI is InChI=1S/C14H18Cl2N4/c1-3-13-11(8-20(2)19-13)14(18-17)7-9-6-10(15)4-5-12(9)16/h4-6,8,14,18H,3,7,17H2,1-2H3. The molecule has 0 saturated heterocycles. The molecule has 1 atom stereocenters. The lowest BCUT2D eigenvalue weighted by Crippen LogP contribution is -2.30. The first-order valence-electron chi connectivity index (χ1n) is 6.47. The fraction of sp³-hybridized carbons (Fsp3) is 0.357. The Balaban J connectivity index is 2.30. The zero-order valence-corrected chi connectivity index (χ0v) is 13.0. The molecule has 0 amide bonds. The number of nitrogens with zero attached hydrogens (tertiary/aromatic N) is 2. The predicted molar refractivity (Wildman–Crippen MR) is 82.8 cm³/mol. The molecule has 0 fully saturated rings. The second kappa shape index (κ2) is 6.59. The Morgan fingerprint density at radius 1 is 1.40 bits per heavy atom. The number of aromatic nitrogens is 2. The Labute approximate surface area is 128 Å². The van der Waals surface area contributed by atoms with Crippen LogP contribution in [0.4, 0.5) is 0 Å². The summed E-state index contributed by atoms with van der Waals surface area (Å²) in [6.07, 6.45) is 3.51. The number of nitrogens with two attached hydrogens (primary N) is 1. The van der Waals surface area contributed by atoms with Crippen molar-refractivity contribution in [2.75, 3.05) is 0 Å². The summed E-state index contributed by atoms with van der Waals surface area (Å²) in [5.41, 5.74) is 5.94. The minimum Gasteiger partial charge on any atom is -0.275 e. The van der Waals surface area contributed by atoms with Gasteiger partial charge in [0.25, 0.3) is 0 Å². The second-order valence-corrected chi connectivity index (χ2v) is 5.56. The molecule has 1 unspecified atom stereocenters.